The van der Waals surface area contributed by atoms with Crippen LogP contribution in [-0.2, 0) is 9.59 Å². The second-order valence-electron chi connectivity index (χ2n) is 4.90. The monoisotopic (exact) mass is 270 g/mol. The van der Waals surface area contributed by atoms with E-state index in [1.807, 2.05) is 41.5 Å². The van der Waals surface area contributed by atoms with Crippen molar-refractivity contribution in [3.63, 3.8) is 0 Å². The summed E-state index contributed by atoms with van der Waals surface area (Å²) in [5.74, 6) is 0.235. The van der Waals surface area contributed by atoms with Gasteiger partial charge in [-0.3, -0.25) is 9.59 Å². The molecule has 0 aromatic heterocycles. The lowest BCUT2D eigenvalue weighted by Gasteiger charge is -2.19. The summed E-state index contributed by atoms with van der Waals surface area (Å²) in [6.07, 6.45) is 0. The fourth-order valence-corrected chi connectivity index (χ4v) is 1.03. The summed E-state index contributed by atoms with van der Waals surface area (Å²) in [5.41, 5.74) is 0.835. The van der Waals surface area contributed by atoms with Crippen molar-refractivity contribution in [2.24, 2.45) is 11.8 Å². The molecule has 4 heteroatoms. The molecule has 0 aliphatic carbocycles. The van der Waals surface area contributed by atoms with Gasteiger partial charge in [0.2, 0.25) is 5.91 Å². The number of Topliss-reactive ketones (excluding diaryl/α,β-unsaturated/α-hetero) is 1. The molecule has 0 aliphatic heterocycles. The Morgan fingerprint density at radius 2 is 1.58 bits per heavy atom. The minimum atomic E-state index is -0.0965. The first-order valence-electron chi connectivity index (χ1n) is 6.95. The highest BCUT2D eigenvalue weighted by molar-refractivity contribution is 5.87. The summed E-state index contributed by atoms with van der Waals surface area (Å²) in [6, 6.07) is 0. The average Bonchev–Trinajstić information content (AvgIpc) is 2.37. The van der Waals surface area contributed by atoms with E-state index < -0.39 is 0 Å². The Balaban J connectivity index is 0. The van der Waals surface area contributed by atoms with Gasteiger partial charge >= 0.3 is 0 Å². The summed E-state index contributed by atoms with van der Waals surface area (Å²) in [4.78, 5) is 24.6. The third kappa shape index (κ3) is 9.28. The number of rotatable bonds is 7. The summed E-state index contributed by atoms with van der Waals surface area (Å²) in [5, 5.41) is 2.97. The molecule has 0 saturated heterocycles. The quantitative estimate of drug-likeness (QED) is 0.773. The molecule has 112 valence electrons. The van der Waals surface area contributed by atoms with Crippen molar-refractivity contribution in [1.82, 2.24) is 10.2 Å². The molecule has 0 radical (unpaired) electrons. The highest BCUT2D eigenvalue weighted by Gasteiger charge is 2.15. The van der Waals surface area contributed by atoms with E-state index in [-0.39, 0.29) is 30.7 Å². The van der Waals surface area contributed by atoms with Gasteiger partial charge in [0.1, 0.15) is 0 Å². The predicted molar refractivity (Wildman–Crippen MR) is 80.8 cm³/mol. The zero-order valence-electron chi connectivity index (χ0n) is 13.5. The zero-order chi connectivity index (χ0) is 15.6. The second kappa shape index (κ2) is 10.6. The first-order valence-corrected chi connectivity index (χ1v) is 6.95. The molecule has 0 unspecified atom stereocenters. The van der Waals surface area contributed by atoms with E-state index in [1.165, 1.54) is 4.90 Å². The number of ketones is 1. The molecule has 0 bridgehead atoms. The molecule has 1 amide bonds. The van der Waals surface area contributed by atoms with E-state index in [9.17, 15) is 9.59 Å². The van der Waals surface area contributed by atoms with Crippen molar-refractivity contribution in [1.29, 1.82) is 0 Å². The highest BCUT2D eigenvalue weighted by atomic mass is 16.2. The third-order valence-corrected chi connectivity index (χ3v) is 2.63. The predicted octanol–water partition coefficient (Wildman–Crippen LogP) is 2.46. The number of amides is 1. The molecular weight excluding hydrogens is 240 g/mol. The molecule has 0 rings (SSSR count). The number of allylic oxidation sites excluding steroid dienone is 1. The molecule has 0 aromatic carbocycles. The normalized spacial score (nSPS) is 9.74. The molecular formula is C15H30N2O2. The minimum Gasteiger partial charge on any atom is -0.380 e. The van der Waals surface area contributed by atoms with Gasteiger partial charge in [0.25, 0.3) is 0 Å². The van der Waals surface area contributed by atoms with Crippen molar-refractivity contribution < 1.29 is 9.59 Å². The van der Waals surface area contributed by atoms with Crippen LogP contribution in [0.25, 0.3) is 0 Å². The maximum absolute atomic E-state index is 11.7. The minimum absolute atomic E-state index is 0.0381. The van der Waals surface area contributed by atoms with Crippen LogP contribution >= 0.6 is 0 Å². The van der Waals surface area contributed by atoms with Crippen LogP contribution in [0.1, 0.15) is 41.5 Å². The molecule has 0 heterocycles. The summed E-state index contributed by atoms with van der Waals surface area (Å²) in [7, 11) is 1.64. The van der Waals surface area contributed by atoms with Gasteiger partial charge in [0, 0.05) is 18.7 Å². The van der Waals surface area contributed by atoms with Crippen LogP contribution in [0.15, 0.2) is 12.3 Å². The Kier molecular flexibility index (Phi) is 11.1. The van der Waals surface area contributed by atoms with Crippen LogP contribution in [0.3, 0.4) is 0 Å². The van der Waals surface area contributed by atoms with Gasteiger partial charge in [0.05, 0.1) is 13.1 Å². The van der Waals surface area contributed by atoms with Crippen LogP contribution in [0.4, 0.5) is 0 Å². The fraction of sp³-hybridized carbons (Fsp3) is 0.733. The Morgan fingerprint density at radius 1 is 1.11 bits per heavy atom. The van der Waals surface area contributed by atoms with Crippen molar-refractivity contribution >= 4 is 11.7 Å². The maximum atomic E-state index is 11.7. The van der Waals surface area contributed by atoms with E-state index >= 15 is 0 Å². The summed E-state index contributed by atoms with van der Waals surface area (Å²) in [6.45, 7) is 15.9. The van der Waals surface area contributed by atoms with Gasteiger partial charge in [-0.2, -0.15) is 0 Å². The number of hydrogen-bond donors (Lipinski definition) is 1. The SMILES string of the molecule is C=C(NCC(=O)N(C)CC(=O)C(C)C)C(C)C.CC. The van der Waals surface area contributed by atoms with E-state index in [0.29, 0.717) is 5.92 Å². The number of carbonyl (C=O) groups is 2. The lowest BCUT2D eigenvalue weighted by atomic mass is 10.1. The van der Waals surface area contributed by atoms with E-state index in [1.54, 1.807) is 7.05 Å². The second-order valence-corrected chi connectivity index (χ2v) is 4.90. The largest absolute Gasteiger partial charge is 0.380 e. The lowest BCUT2D eigenvalue weighted by Crippen LogP contribution is -2.39. The smallest absolute Gasteiger partial charge is 0.242 e. The standard InChI is InChI=1S/C13H24N2O2.C2H6/c1-9(2)11(5)14-7-13(17)15(6)8-12(16)10(3)4;1-2/h9-10,14H,5,7-8H2,1-4,6H3;1-2H3. The first-order chi connectivity index (χ1) is 8.75. The molecule has 0 spiro atoms. The summed E-state index contributed by atoms with van der Waals surface area (Å²) >= 11 is 0. The van der Waals surface area contributed by atoms with E-state index in [4.69, 9.17) is 0 Å². The molecule has 0 aromatic rings. The average molecular weight is 270 g/mol. The Hall–Kier alpha value is -1.32. The van der Waals surface area contributed by atoms with Crippen LogP contribution in [-0.4, -0.2) is 36.7 Å². The van der Waals surface area contributed by atoms with Crippen molar-refractivity contribution in [3.8, 4) is 0 Å². The Morgan fingerprint density at radius 3 is 1.95 bits per heavy atom. The molecule has 0 saturated carbocycles. The Labute approximate surface area is 118 Å². The molecule has 1 N–H and O–H groups in total. The van der Waals surface area contributed by atoms with Crippen molar-refractivity contribution in [2.75, 3.05) is 20.1 Å². The topological polar surface area (TPSA) is 49.4 Å². The van der Waals surface area contributed by atoms with Crippen LogP contribution in [0.5, 0.6) is 0 Å². The molecule has 19 heavy (non-hydrogen) atoms. The number of likely N-dealkylation sites (N-methyl/N-ethyl adjacent to an activating group) is 1. The first kappa shape index (κ1) is 20.0. The fourth-order valence-electron chi connectivity index (χ4n) is 1.03. The van der Waals surface area contributed by atoms with Gasteiger partial charge in [-0.15, -0.1) is 0 Å². The molecule has 0 fully saturated rings. The number of nitrogens with one attached hydrogen (secondary N) is 1. The lowest BCUT2D eigenvalue weighted by molar-refractivity contribution is -0.134. The molecule has 0 atom stereocenters. The van der Waals surface area contributed by atoms with Gasteiger partial charge in [-0.05, 0) is 5.92 Å². The van der Waals surface area contributed by atoms with E-state index in [2.05, 4.69) is 11.9 Å². The van der Waals surface area contributed by atoms with Crippen LogP contribution in [0.2, 0.25) is 0 Å². The van der Waals surface area contributed by atoms with E-state index in [0.717, 1.165) is 5.70 Å². The van der Waals surface area contributed by atoms with Gasteiger partial charge in [-0.1, -0.05) is 48.1 Å². The number of hydrogen-bond acceptors (Lipinski definition) is 3. The van der Waals surface area contributed by atoms with Crippen LogP contribution < -0.4 is 5.32 Å². The van der Waals surface area contributed by atoms with Gasteiger partial charge in [-0.25, -0.2) is 0 Å². The maximum Gasteiger partial charge on any atom is 0.242 e. The zero-order valence-corrected chi connectivity index (χ0v) is 13.5. The van der Waals surface area contributed by atoms with Gasteiger partial charge in [0.15, 0.2) is 5.78 Å². The number of nitrogens with zero attached hydrogens (tertiary/aromatic N) is 1. The summed E-state index contributed by atoms with van der Waals surface area (Å²) < 4.78 is 0. The highest BCUT2D eigenvalue weighted by Crippen LogP contribution is 2.02. The van der Waals surface area contributed by atoms with Gasteiger partial charge < -0.3 is 10.2 Å². The molecule has 4 nitrogen and oxygen atoms in total. The molecule has 0 aliphatic rings. The number of carbonyl (C=O) groups excluding carboxylic acids is 2. The van der Waals surface area contributed by atoms with Crippen molar-refractivity contribution in [3.05, 3.63) is 12.3 Å². The van der Waals surface area contributed by atoms with Crippen molar-refractivity contribution in [2.45, 2.75) is 41.5 Å². The third-order valence-electron chi connectivity index (χ3n) is 2.63. The van der Waals surface area contributed by atoms with Crippen LogP contribution in [0, 0.1) is 11.8 Å². The Bertz CT molecular complexity index is 297.